The second-order valence-electron chi connectivity index (χ2n) is 6.06. The number of hydrogen-bond acceptors (Lipinski definition) is 2. The van der Waals surface area contributed by atoms with Crippen molar-refractivity contribution in [1.29, 1.82) is 0 Å². The molecule has 3 nitrogen and oxygen atoms in total. The Labute approximate surface area is 132 Å². The first-order chi connectivity index (χ1) is 10.7. The van der Waals surface area contributed by atoms with Gasteiger partial charge in [-0.15, -0.1) is 0 Å². The summed E-state index contributed by atoms with van der Waals surface area (Å²) >= 11 is 0. The molecular formula is C19H23N3. The molecule has 3 aromatic rings. The van der Waals surface area contributed by atoms with Crippen molar-refractivity contribution >= 4 is 22.7 Å². The monoisotopic (exact) mass is 293 g/mol. The highest BCUT2D eigenvalue weighted by atomic mass is 15.2. The summed E-state index contributed by atoms with van der Waals surface area (Å²) in [7, 11) is 0. The van der Waals surface area contributed by atoms with Gasteiger partial charge < -0.3 is 9.88 Å². The van der Waals surface area contributed by atoms with Crippen LogP contribution >= 0.6 is 0 Å². The van der Waals surface area contributed by atoms with E-state index < -0.39 is 0 Å². The van der Waals surface area contributed by atoms with E-state index in [0.717, 1.165) is 30.1 Å². The zero-order chi connectivity index (χ0) is 15.5. The second kappa shape index (κ2) is 6.22. The van der Waals surface area contributed by atoms with E-state index in [-0.39, 0.29) is 0 Å². The summed E-state index contributed by atoms with van der Waals surface area (Å²) in [5.41, 5.74) is 4.68. The van der Waals surface area contributed by atoms with Crippen molar-refractivity contribution in [3.05, 3.63) is 54.1 Å². The van der Waals surface area contributed by atoms with Crippen molar-refractivity contribution in [3.63, 3.8) is 0 Å². The maximum absolute atomic E-state index is 4.79. The predicted molar refractivity (Wildman–Crippen MR) is 93.7 cm³/mol. The van der Waals surface area contributed by atoms with E-state index in [1.54, 1.807) is 0 Å². The minimum atomic E-state index is 0.569. The molecule has 22 heavy (non-hydrogen) atoms. The molecular weight excluding hydrogens is 270 g/mol. The summed E-state index contributed by atoms with van der Waals surface area (Å²) in [4.78, 5) is 4.79. The zero-order valence-electron chi connectivity index (χ0n) is 13.5. The number of para-hydroxylation sites is 3. The van der Waals surface area contributed by atoms with E-state index in [2.05, 4.69) is 73.1 Å². The van der Waals surface area contributed by atoms with Crippen LogP contribution in [-0.2, 0) is 13.0 Å². The van der Waals surface area contributed by atoms with Gasteiger partial charge in [0.1, 0.15) is 0 Å². The van der Waals surface area contributed by atoms with Crippen molar-refractivity contribution in [1.82, 2.24) is 9.55 Å². The Hall–Kier alpha value is -2.29. The van der Waals surface area contributed by atoms with Gasteiger partial charge in [0.05, 0.1) is 11.0 Å². The van der Waals surface area contributed by atoms with Crippen molar-refractivity contribution in [2.24, 2.45) is 5.92 Å². The number of hydrogen-bond donors (Lipinski definition) is 1. The van der Waals surface area contributed by atoms with Crippen LogP contribution < -0.4 is 5.32 Å². The molecule has 1 N–H and O–H groups in total. The van der Waals surface area contributed by atoms with Crippen LogP contribution in [0, 0.1) is 5.92 Å². The van der Waals surface area contributed by atoms with E-state index in [9.17, 15) is 0 Å². The molecule has 3 heteroatoms. The number of fused-ring (bicyclic) bond motifs is 1. The van der Waals surface area contributed by atoms with E-state index >= 15 is 0 Å². The van der Waals surface area contributed by atoms with Gasteiger partial charge in [-0.1, -0.05) is 51.1 Å². The van der Waals surface area contributed by atoms with Gasteiger partial charge in [0.2, 0.25) is 5.95 Å². The van der Waals surface area contributed by atoms with Crippen molar-refractivity contribution in [2.45, 2.75) is 33.7 Å². The van der Waals surface area contributed by atoms with Gasteiger partial charge in [-0.25, -0.2) is 4.98 Å². The number of nitrogens with zero attached hydrogens (tertiary/aromatic N) is 2. The van der Waals surface area contributed by atoms with E-state index in [1.165, 1.54) is 11.1 Å². The van der Waals surface area contributed by atoms with Crippen LogP contribution in [-0.4, -0.2) is 9.55 Å². The molecule has 3 rings (SSSR count). The highest BCUT2D eigenvalue weighted by Gasteiger charge is 2.12. The number of imidazole rings is 1. The topological polar surface area (TPSA) is 29.9 Å². The molecule has 114 valence electrons. The lowest BCUT2D eigenvalue weighted by atomic mass is 10.1. The third-order valence-electron chi connectivity index (χ3n) is 3.85. The van der Waals surface area contributed by atoms with Crippen LogP contribution in [0.15, 0.2) is 48.5 Å². The Morgan fingerprint density at radius 2 is 1.77 bits per heavy atom. The van der Waals surface area contributed by atoms with Gasteiger partial charge in [-0.3, -0.25) is 0 Å². The first-order valence-corrected chi connectivity index (χ1v) is 7.99. The number of rotatable bonds is 5. The van der Waals surface area contributed by atoms with Crippen molar-refractivity contribution in [3.8, 4) is 0 Å². The molecule has 0 bridgehead atoms. The summed E-state index contributed by atoms with van der Waals surface area (Å²) < 4.78 is 2.28. The van der Waals surface area contributed by atoms with Gasteiger partial charge in [-0.2, -0.15) is 0 Å². The summed E-state index contributed by atoms with van der Waals surface area (Å²) in [6.07, 6.45) is 1.01. The van der Waals surface area contributed by atoms with Crippen LogP contribution in [0.3, 0.4) is 0 Å². The largest absolute Gasteiger partial charge is 0.325 e. The third kappa shape index (κ3) is 2.84. The molecule has 0 saturated heterocycles. The van der Waals surface area contributed by atoms with E-state index in [1.807, 2.05) is 6.07 Å². The third-order valence-corrected chi connectivity index (χ3v) is 3.85. The SMILES string of the molecule is CCc1ccccc1Nc1nc2ccccc2n1CC(C)C. The first kappa shape index (κ1) is 14.6. The Balaban J connectivity index is 2.06. The normalized spacial score (nSPS) is 11.3. The van der Waals surface area contributed by atoms with E-state index in [4.69, 9.17) is 4.98 Å². The molecule has 0 aliphatic heterocycles. The Bertz CT molecular complexity index is 771. The fourth-order valence-electron chi connectivity index (χ4n) is 2.79. The van der Waals surface area contributed by atoms with Crippen molar-refractivity contribution < 1.29 is 0 Å². The summed E-state index contributed by atoms with van der Waals surface area (Å²) in [6.45, 7) is 7.60. The molecule has 2 aromatic carbocycles. The minimum Gasteiger partial charge on any atom is -0.325 e. The molecule has 0 unspecified atom stereocenters. The summed E-state index contributed by atoms with van der Waals surface area (Å²) in [6, 6.07) is 16.8. The Morgan fingerprint density at radius 1 is 1.05 bits per heavy atom. The summed E-state index contributed by atoms with van der Waals surface area (Å²) in [5.74, 6) is 1.50. The lowest BCUT2D eigenvalue weighted by Crippen LogP contribution is -2.09. The Morgan fingerprint density at radius 3 is 2.55 bits per heavy atom. The van der Waals surface area contributed by atoms with Crippen LogP contribution in [0.4, 0.5) is 11.6 Å². The highest BCUT2D eigenvalue weighted by molar-refractivity contribution is 5.79. The van der Waals surface area contributed by atoms with Crippen LogP contribution in [0.25, 0.3) is 11.0 Å². The molecule has 0 radical (unpaired) electrons. The second-order valence-corrected chi connectivity index (χ2v) is 6.06. The number of aryl methyl sites for hydroxylation is 1. The molecule has 0 atom stereocenters. The standard InChI is InChI=1S/C19H23N3/c1-4-15-9-5-6-10-16(15)20-19-21-17-11-7-8-12-18(17)22(19)13-14(2)3/h5-12,14H,4,13H2,1-3H3,(H,20,21). The molecule has 0 amide bonds. The van der Waals surface area contributed by atoms with Crippen molar-refractivity contribution in [2.75, 3.05) is 5.32 Å². The average Bonchev–Trinajstić information content (AvgIpc) is 2.85. The molecule has 0 fully saturated rings. The van der Waals surface area contributed by atoms with Gasteiger partial charge in [0, 0.05) is 12.2 Å². The fourth-order valence-corrected chi connectivity index (χ4v) is 2.79. The molecule has 0 saturated carbocycles. The number of nitrogens with one attached hydrogen (secondary N) is 1. The first-order valence-electron chi connectivity index (χ1n) is 7.99. The number of anilines is 2. The number of benzene rings is 2. The predicted octanol–water partition coefficient (Wildman–Crippen LogP) is 5.00. The lowest BCUT2D eigenvalue weighted by molar-refractivity contribution is 0.537. The maximum Gasteiger partial charge on any atom is 0.208 e. The minimum absolute atomic E-state index is 0.569. The average molecular weight is 293 g/mol. The highest BCUT2D eigenvalue weighted by Crippen LogP contribution is 2.26. The van der Waals surface area contributed by atoms with Gasteiger partial charge >= 0.3 is 0 Å². The molecule has 0 aliphatic carbocycles. The Kier molecular flexibility index (Phi) is 4.14. The number of aromatic nitrogens is 2. The smallest absolute Gasteiger partial charge is 0.208 e. The molecule has 0 aliphatic rings. The van der Waals surface area contributed by atoms with Gasteiger partial charge in [0.15, 0.2) is 0 Å². The lowest BCUT2D eigenvalue weighted by Gasteiger charge is -2.14. The fraction of sp³-hybridized carbons (Fsp3) is 0.316. The van der Waals surface area contributed by atoms with Crippen LogP contribution in [0.5, 0.6) is 0 Å². The van der Waals surface area contributed by atoms with Crippen LogP contribution in [0.2, 0.25) is 0 Å². The van der Waals surface area contributed by atoms with Gasteiger partial charge in [0.25, 0.3) is 0 Å². The zero-order valence-corrected chi connectivity index (χ0v) is 13.5. The summed E-state index contributed by atoms with van der Waals surface area (Å²) in [5, 5.41) is 3.54. The van der Waals surface area contributed by atoms with Crippen LogP contribution in [0.1, 0.15) is 26.3 Å². The molecule has 0 spiro atoms. The van der Waals surface area contributed by atoms with E-state index in [0.29, 0.717) is 5.92 Å². The molecule has 1 aromatic heterocycles. The quantitative estimate of drug-likeness (QED) is 0.717. The van der Waals surface area contributed by atoms with Gasteiger partial charge in [-0.05, 0) is 36.1 Å². The molecule has 1 heterocycles. The maximum atomic E-state index is 4.79.